The lowest BCUT2D eigenvalue weighted by molar-refractivity contribution is -0.920. The second kappa shape index (κ2) is 6.87. The fraction of sp³-hybridized carbons (Fsp3) is 0.500. The quantitative estimate of drug-likeness (QED) is 0.655. The molecule has 2 rings (SSSR count). The first-order valence-electron chi connectivity index (χ1n) is 7.05. The summed E-state index contributed by atoms with van der Waals surface area (Å²) in [6.45, 7) is 3.49. The largest absolute Gasteiger partial charge is 0.325 e. The van der Waals surface area contributed by atoms with Gasteiger partial charge in [-0.15, -0.1) is 0 Å². The van der Waals surface area contributed by atoms with E-state index in [2.05, 4.69) is 12.2 Å². The summed E-state index contributed by atoms with van der Waals surface area (Å²) < 4.78 is 0. The van der Waals surface area contributed by atoms with E-state index in [1.165, 1.54) is 29.5 Å². The molecule has 1 aliphatic rings. The third kappa shape index (κ3) is 4.15. The van der Waals surface area contributed by atoms with Crippen LogP contribution in [-0.2, 0) is 4.79 Å². The number of anilines is 1. The van der Waals surface area contributed by atoms with E-state index in [0.29, 0.717) is 23.3 Å². The molecule has 6 nitrogen and oxygen atoms in total. The van der Waals surface area contributed by atoms with Gasteiger partial charge in [-0.1, -0.05) is 11.6 Å². The number of benzene rings is 1. The molecule has 1 saturated heterocycles. The maximum Gasteiger partial charge on any atom is 0.279 e. The molecule has 1 aliphatic heterocycles. The van der Waals surface area contributed by atoms with Crippen molar-refractivity contribution in [2.24, 2.45) is 0 Å². The van der Waals surface area contributed by atoms with Gasteiger partial charge in [-0.05, 0) is 32.3 Å². The highest BCUT2D eigenvalue weighted by molar-refractivity contribution is 6.33. The fourth-order valence-electron chi connectivity index (χ4n) is 2.64. The number of likely N-dealkylation sites (tertiary alicyclic amines) is 1. The van der Waals surface area contributed by atoms with Gasteiger partial charge in [0, 0.05) is 12.1 Å². The third-order valence-electron chi connectivity index (χ3n) is 3.90. The standard InChI is InChI=1S/C14H18ClN3O3/c1-10-4-2-3-7-17(10)9-14(19)16-13-8-11(18(20)21)5-6-12(13)15/h5-6,8,10H,2-4,7,9H2,1H3,(H,16,19)/p+1/t10-/m1/s1. The number of nitro benzene ring substituents is 1. The molecule has 2 N–H and O–H groups in total. The van der Waals surface area contributed by atoms with Crippen molar-refractivity contribution in [1.82, 2.24) is 0 Å². The normalized spacial score (nSPS) is 21.8. The molecule has 1 fully saturated rings. The van der Waals surface area contributed by atoms with Gasteiger partial charge in [0.25, 0.3) is 11.6 Å². The Kier molecular flexibility index (Phi) is 5.14. The van der Waals surface area contributed by atoms with Crippen LogP contribution in [0.15, 0.2) is 18.2 Å². The molecule has 0 radical (unpaired) electrons. The van der Waals surface area contributed by atoms with Gasteiger partial charge in [-0.25, -0.2) is 0 Å². The molecule has 0 aliphatic carbocycles. The topological polar surface area (TPSA) is 76.7 Å². The van der Waals surface area contributed by atoms with Gasteiger partial charge in [0.1, 0.15) is 0 Å². The smallest absolute Gasteiger partial charge is 0.279 e. The van der Waals surface area contributed by atoms with Crippen molar-refractivity contribution >= 4 is 28.9 Å². The Bertz CT molecular complexity index is 550. The minimum atomic E-state index is -0.510. The molecule has 1 unspecified atom stereocenters. The highest BCUT2D eigenvalue weighted by atomic mass is 35.5. The van der Waals surface area contributed by atoms with Gasteiger partial charge in [0.2, 0.25) is 0 Å². The second-order valence-corrected chi connectivity index (χ2v) is 5.86. The summed E-state index contributed by atoms with van der Waals surface area (Å²) >= 11 is 5.97. The zero-order chi connectivity index (χ0) is 15.4. The Morgan fingerprint density at radius 1 is 1.52 bits per heavy atom. The first-order chi connectivity index (χ1) is 9.97. The summed E-state index contributed by atoms with van der Waals surface area (Å²) in [5.74, 6) is -0.166. The molecule has 0 aromatic heterocycles. The number of amides is 1. The van der Waals surface area contributed by atoms with E-state index in [0.717, 1.165) is 19.4 Å². The lowest BCUT2D eigenvalue weighted by Gasteiger charge is -2.29. The maximum atomic E-state index is 12.1. The molecular weight excluding hydrogens is 294 g/mol. The summed E-state index contributed by atoms with van der Waals surface area (Å²) in [5, 5.41) is 13.7. The van der Waals surface area contributed by atoms with E-state index >= 15 is 0 Å². The van der Waals surface area contributed by atoms with Crippen LogP contribution in [0.2, 0.25) is 5.02 Å². The molecule has 1 amide bonds. The van der Waals surface area contributed by atoms with Crippen LogP contribution in [-0.4, -0.2) is 30.0 Å². The predicted octanol–water partition coefficient (Wildman–Crippen LogP) is 1.64. The summed E-state index contributed by atoms with van der Waals surface area (Å²) in [6, 6.07) is 4.49. The molecule has 1 heterocycles. The van der Waals surface area contributed by atoms with Gasteiger partial charge in [-0.2, -0.15) is 0 Å². The third-order valence-corrected chi connectivity index (χ3v) is 4.23. The summed E-state index contributed by atoms with van der Waals surface area (Å²) in [5.41, 5.74) is 0.202. The number of piperidine rings is 1. The SMILES string of the molecule is C[C@@H]1CCCC[NH+]1CC(=O)Nc1cc([N+](=O)[O-])ccc1Cl. The van der Waals surface area contributed by atoms with Gasteiger partial charge >= 0.3 is 0 Å². The van der Waals surface area contributed by atoms with Gasteiger partial charge in [0.05, 0.1) is 28.2 Å². The maximum absolute atomic E-state index is 12.1. The van der Waals surface area contributed by atoms with Gasteiger partial charge in [0.15, 0.2) is 6.54 Å². The number of nitro groups is 1. The summed E-state index contributed by atoms with van der Waals surface area (Å²) in [4.78, 5) is 23.6. The Balaban J connectivity index is 2.02. The van der Waals surface area contributed by atoms with Crippen LogP contribution in [0.3, 0.4) is 0 Å². The summed E-state index contributed by atoms with van der Waals surface area (Å²) in [7, 11) is 0. The fourth-order valence-corrected chi connectivity index (χ4v) is 2.80. The molecule has 114 valence electrons. The highest BCUT2D eigenvalue weighted by Crippen LogP contribution is 2.26. The number of quaternary nitrogens is 1. The van der Waals surface area contributed by atoms with E-state index in [9.17, 15) is 14.9 Å². The number of rotatable bonds is 4. The molecule has 21 heavy (non-hydrogen) atoms. The second-order valence-electron chi connectivity index (χ2n) is 5.45. The van der Waals surface area contributed by atoms with Crippen molar-refractivity contribution in [2.75, 3.05) is 18.4 Å². The molecule has 1 aromatic rings. The van der Waals surface area contributed by atoms with Crippen molar-refractivity contribution in [2.45, 2.75) is 32.2 Å². The van der Waals surface area contributed by atoms with E-state index in [1.54, 1.807) is 0 Å². The monoisotopic (exact) mass is 312 g/mol. The zero-order valence-corrected chi connectivity index (χ0v) is 12.7. The average molecular weight is 313 g/mol. The number of halogens is 1. The number of hydrogen-bond acceptors (Lipinski definition) is 3. The average Bonchev–Trinajstić information content (AvgIpc) is 2.43. The predicted molar refractivity (Wildman–Crippen MR) is 80.7 cm³/mol. The Morgan fingerprint density at radius 2 is 2.29 bits per heavy atom. The Hall–Kier alpha value is -1.66. The first kappa shape index (κ1) is 15.7. The van der Waals surface area contributed by atoms with Crippen molar-refractivity contribution in [3.8, 4) is 0 Å². The van der Waals surface area contributed by atoms with E-state index in [1.807, 2.05) is 0 Å². The molecule has 1 aromatic carbocycles. The van der Waals surface area contributed by atoms with Crippen molar-refractivity contribution < 1.29 is 14.6 Å². The molecular formula is C14H19ClN3O3+. The zero-order valence-electron chi connectivity index (χ0n) is 11.9. The van der Waals surface area contributed by atoms with Crippen LogP contribution < -0.4 is 10.2 Å². The Morgan fingerprint density at radius 3 is 2.95 bits per heavy atom. The number of carbonyl (C=O) groups is 1. The lowest BCUT2D eigenvalue weighted by Crippen LogP contribution is -3.17. The van der Waals surface area contributed by atoms with Crippen LogP contribution in [0.4, 0.5) is 11.4 Å². The molecule has 0 spiro atoms. The molecule has 2 atom stereocenters. The van der Waals surface area contributed by atoms with Crippen molar-refractivity contribution in [3.63, 3.8) is 0 Å². The van der Waals surface area contributed by atoms with E-state index < -0.39 is 4.92 Å². The number of non-ortho nitro benzene ring substituents is 1. The van der Waals surface area contributed by atoms with Crippen LogP contribution in [0.1, 0.15) is 26.2 Å². The van der Waals surface area contributed by atoms with E-state index in [4.69, 9.17) is 11.6 Å². The van der Waals surface area contributed by atoms with Crippen LogP contribution in [0.5, 0.6) is 0 Å². The highest BCUT2D eigenvalue weighted by Gasteiger charge is 2.24. The number of carbonyl (C=O) groups excluding carboxylic acids is 1. The number of nitrogens with one attached hydrogen (secondary N) is 2. The number of hydrogen-bond donors (Lipinski definition) is 2. The molecule has 7 heteroatoms. The molecule has 0 bridgehead atoms. The Labute approximate surface area is 128 Å². The van der Waals surface area contributed by atoms with Crippen molar-refractivity contribution in [3.05, 3.63) is 33.3 Å². The van der Waals surface area contributed by atoms with Gasteiger partial charge in [-0.3, -0.25) is 14.9 Å². The van der Waals surface area contributed by atoms with Crippen molar-refractivity contribution in [1.29, 1.82) is 0 Å². The molecule has 0 saturated carbocycles. The lowest BCUT2D eigenvalue weighted by atomic mass is 10.0. The van der Waals surface area contributed by atoms with E-state index in [-0.39, 0.29) is 11.6 Å². The number of nitrogens with zero attached hydrogens (tertiary/aromatic N) is 1. The van der Waals surface area contributed by atoms with Gasteiger partial charge < -0.3 is 10.2 Å². The minimum absolute atomic E-state index is 0.0895. The van der Waals surface area contributed by atoms with Crippen LogP contribution >= 0.6 is 11.6 Å². The summed E-state index contributed by atoms with van der Waals surface area (Å²) in [6.07, 6.45) is 3.47. The minimum Gasteiger partial charge on any atom is -0.325 e. The first-order valence-corrected chi connectivity index (χ1v) is 7.43. The van der Waals surface area contributed by atoms with Crippen LogP contribution in [0, 0.1) is 10.1 Å². The van der Waals surface area contributed by atoms with Crippen LogP contribution in [0.25, 0.3) is 0 Å².